The summed E-state index contributed by atoms with van der Waals surface area (Å²) in [6.45, 7) is 3.06. The molecule has 1 N–H and O–H groups in total. The average molecular weight is 450 g/mol. The Labute approximate surface area is 192 Å². The van der Waals surface area contributed by atoms with Crippen molar-refractivity contribution in [1.29, 1.82) is 0 Å². The second-order valence-electron chi connectivity index (χ2n) is 7.86. The molecule has 4 rings (SSSR count). The number of piperidine rings is 1. The molecular weight excluding hydrogens is 422 g/mol. The van der Waals surface area contributed by atoms with Crippen LogP contribution in [0.25, 0.3) is 11.4 Å². The van der Waals surface area contributed by atoms with Crippen LogP contribution in [0.15, 0.2) is 53.2 Å². The third kappa shape index (κ3) is 6.15. The van der Waals surface area contributed by atoms with Crippen LogP contribution in [0.1, 0.15) is 38.5 Å². The summed E-state index contributed by atoms with van der Waals surface area (Å²) in [6.07, 6.45) is 4.22. The molecule has 1 saturated heterocycles. The van der Waals surface area contributed by atoms with Gasteiger partial charge in [-0.1, -0.05) is 42.4 Å². The molecule has 1 fully saturated rings. The Balaban J connectivity index is 1.20. The SMILES string of the molecule is CCC(=O)Nc1ccc(OC2CCN(C(=O)CCc3nc(-c4ccccc4)no3)CC2)nc1. The number of benzene rings is 1. The molecule has 0 unspecified atom stereocenters. The third-order valence-corrected chi connectivity index (χ3v) is 5.48. The summed E-state index contributed by atoms with van der Waals surface area (Å²) < 4.78 is 11.2. The fraction of sp³-hybridized carbons (Fsp3) is 0.375. The molecule has 2 amide bonds. The molecule has 2 aromatic heterocycles. The largest absolute Gasteiger partial charge is 0.474 e. The Kier molecular flexibility index (Phi) is 7.29. The first-order valence-electron chi connectivity index (χ1n) is 11.2. The molecule has 33 heavy (non-hydrogen) atoms. The molecule has 0 saturated carbocycles. The molecule has 172 valence electrons. The Hall–Kier alpha value is -3.75. The standard InChI is InChI=1S/C24H27N5O4/c1-2-20(30)26-18-8-9-21(25-16-18)32-19-12-14-29(15-13-19)23(31)11-10-22-27-24(28-33-22)17-6-4-3-5-7-17/h3-9,16,19H,2,10-15H2,1H3,(H,26,30). The molecule has 0 atom stereocenters. The van der Waals surface area contributed by atoms with Crippen LogP contribution < -0.4 is 10.1 Å². The van der Waals surface area contributed by atoms with Crippen molar-refractivity contribution in [3.05, 3.63) is 54.6 Å². The van der Waals surface area contributed by atoms with Gasteiger partial charge in [0.05, 0.1) is 11.9 Å². The summed E-state index contributed by atoms with van der Waals surface area (Å²) in [5.41, 5.74) is 1.53. The normalized spacial score (nSPS) is 14.2. The van der Waals surface area contributed by atoms with Crippen LogP contribution >= 0.6 is 0 Å². The van der Waals surface area contributed by atoms with Gasteiger partial charge >= 0.3 is 0 Å². The Morgan fingerprint density at radius 3 is 2.64 bits per heavy atom. The van der Waals surface area contributed by atoms with Crippen LogP contribution in [0.2, 0.25) is 0 Å². The number of hydrogen-bond donors (Lipinski definition) is 1. The predicted molar refractivity (Wildman–Crippen MR) is 121 cm³/mol. The number of aromatic nitrogens is 3. The molecule has 0 aliphatic carbocycles. The van der Waals surface area contributed by atoms with Crippen molar-refractivity contribution >= 4 is 17.5 Å². The second kappa shape index (κ2) is 10.7. The number of nitrogens with zero attached hydrogens (tertiary/aromatic N) is 4. The van der Waals surface area contributed by atoms with Crippen molar-refractivity contribution in [3.63, 3.8) is 0 Å². The number of ether oxygens (including phenoxy) is 1. The number of amides is 2. The molecule has 0 radical (unpaired) electrons. The first-order chi connectivity index (χ1) is 16.1. The molecule has 0 bridgehead atoms. The van der Waals surface area contributed by atoms with E-state index in [1.807, 2.05) is 35.2 Å². The zero-order valence-electron chi connectivity index (χ0n) is 18.6. The molecular formula is C24H27N5O4. The lowest BCUT2D eigenvalue weighted by molar-refractivity contribution is -0.133. The van der Waals surface area contributed by atoms with E-state index >= 15 is 0 Å². The van der Waals surface area contributed by atoms with Crippen molar-refractivity contribution in [2.24, 2.45) is 0 Å². The van der Waals surface area contributed by atoms with E-state index in [9.17, 15) is 9.59 Å². The highest BCUT2D eigenvalue weighted by Gasteiger charge is 2.24. The number of carbonyl (C=O) groups excluding carboxylic acids is 2. The Morgan fingerprint density at radius 2 is 1.94 bits per heavy atom. The van der Waals surface area contributed by atoms with E-state index in [2.05, 4.69) is 20.4 Å². The summed E-state index contributed by atoms with van der Waals surface area (Å²) >= 11 is 0. The van der Waals surface area contributed by atoms with Crippen LogP contribution in [0.4, 0.5) is 5.69 Å². The summed E-state index contributed by atoms with van der Waals surface area (Å²) in [7, 11) is 0. The maximum Gasteiger partial charge on any atom is 0.227 e. The van der Waals surface area contributed by atoms with Gasteiger partial charge in [0.25, 0.3) is 0 Å². The van der Waals surface area contributed by atoms with Crippen LogP contribution in [0, 0.1) is 0 Å². The minimum atomic E-state index is -0.0572. The predicted octanol–water partition coefficient (Wildman–Crippen LogP) is 3.48. The van der Waals surface area contributed by atoms with E-state index in [1.165, 1.54) is 0 Å². The highest BCUT2D eigenvalue weighted by atomic mass is 16.5. The number of hydrogen-bond acceptors (Lipinski definition) is 7. The highest BCUT2D eigenvalue weighted by molar-refractivity contribution is 5.90. The van der Waals surface area contributed by atoms with Gasteiger partial charge in [-0.05, 0) is 6.07 Å². The first-order valence-corrected chi connectivity index (χ1v) is 11.2. The highest BCUT2D eigenvalue weighted by Crippen LogP contribution is 2.20. The van der Waals surface area contributed by atoms with Gasteiger partial charge in [0.15, 0.2) is 0 Å². The van der Waals surface area contributed by atoms with Gasteiger partial charge in [-0.25, -0.2) is 4.98 Å². The van der Waals surface area contributed by atoms with E-state index in [-0.39, 0.29) is 17.9 Å². The quantitative estimate of drug-likeness (QED) is 0.560. The molecule has 1 aliphatic heterocycles. The number of rotatable bonds is 8. The van der Waals surface area contributed by atoms with Crippen molar-refractivity contribution in [3.8, 4) is 17.3 Å². The number of aryl methyl sites for hydroxylation is 1. The number of likely N-dealkylation sites (tertiary alicyclic amines) is 1. The number of nitrogens with one attached hydrogen (secondary N) is 1. The lowest BCUT2D eigenvalue weighted by atomic mass is 10.1. The zero-order valence-corrected chi connectivity index (χ0v) is 18.6. The summed E-state index contributed by atoms with van der Waals surface area (Å²) in [5, 5.41) is 6.75. The van der Waals surface area contributed by atoms with Gasteiger partial charge in [-0.3, -0.25) is 9.59 Å². The number of anilines is 1. The van der Waals surface area contributed by atoms with Gasteiger partial charge in [0.2, 0.25) is 29.4 Å². The summed E-state index contributed by atoms with van der Waals surface area (Å²) in [4.78, 5) is 34.6. The maximum absolute atomic E-state index is 12.6. The smallest absolute Gasteiger partial charge is 0.227 e. The van der Waals surface area contributed by atoms with Crippen LogP contribution in [0.3, 0.4) is 0 Å². The van der Waals surface area contributed by atoms with Gasteiger partial charge in [0, 0.05) is 56.8 Å². The fourth-order valence-corrected chi connectivity index (χ4v) is 3.60. The minimum Gasteiger partial charge on any atom is -0.474 e. The van der Waals surface area contributed by atoms with Crippen molar-refractivity contribution in [2.45, 2.75) is 45.1 Å². The summed E-state index contributed by atoms with van der Waals surface area (Å²) in [6, 6.07) is 13.1. The zero-order chi connectivity index (χ0) is 23.0. The monoisotopic (exact) mass is 449 g/mol. The summed E-state index contributed by atoms with van der Waals surface area (Å²) in [5.74, 6) is 1.52. The molecule has 9 heteroatoms. The second-order valence-corrected chi connectivity index (χ2v) is 7.86. The number of pyridine rings is 1. The van der Waals surface area contributed by atoms with Crippen molar-refractivity contribution in [2.75, 3.05) is 18.4 Å². The number of carbonyl (C=O) groups is 2. The van der Waals surface area contributed by atoms with E-state index in [0.29, 0.717) is 55.6 Å². The third-order valence-electron chi connectivity index (χ3n) is 5.48. The van der Waals surface area contributed by atoms with Crippen molar-refractivity contribution in [1.82, 2.24) is 20.0 Å². The lowest BCUT2D eigenvalue weighted by Gasteiger charge is -2.32. The average Bonchev–Trinajstić information content (AvgIpc) is 3.34. The molecule has 1 aromatic carbocycles. The molecule has 1 aliphatic rings. The van der Waals surface area contributed by atoms with E-state index in [4.69, 9.17) is 9.26 Å². The van der Waals surface area contributed by atoms with Gasteiger partial charge in [-0.2, -0.15) is 4.98 Å². The Bertz CT molecular complexity index is 1060. The van der Waals surface area contributed by atoms with Gasteiger partial charge in [-0.15, -0.1) is 0 Å². The molecule has 0 spiro atoms. The first kappa shape index (κ1) is 22.4. The molecule has 3 aromatic rings. The van der Waals surface area contributed by atoms with Crippen LogP contribution in [-0.2, 0) is 16.0 Å². The van der Waals surface area contributed by atoms with Gasteiger partial charge in [0.1, 0.15) is 6.10 Å². The maximum atomic E-state index is 12.6. The fourth-order valence-electron chi connectivity index (χ4n) is 3.60. The van der Waals surface area contributed by atoms with E-state index < -0.39 is 0 Å². The van der Waals surface area contributed by atoms with Crippen LogP contribution in [0.5, 0.6) is 5.88 Å². The van der Waals surface area contributed by atoms with E-state index in [1.54, 1.807) is 25.3 Å². The molecule has 3 heterocycles. The van der Waals surface area contributed by atoms with E-state index in [0.717, 1.165) is 18.4 Å². The molecule has 9 nitrogen and oxygen atoms in total. The minimum absolute atomic E-state index is 0.00186. The van der Waals surface area contributed by atoms with Gasteiger partial charge < -0.3 is 19.5 Å². The van der Waals surface area contributed by atoms with Crippen LogP contribution in [-0.4, -0.2) is 51.0 Å². The Morgan fingerprint density at radius 1 is 1.15 bits per heavy atom. The lowest BCUT2D eigenvalue weighted by Crippen LogP contribution is -2.41. The van der Waals surface area contributed by atoms with Crippen molar-refractivity contribution < 1.29 is 18.8 Å². The topological polar surface area (TPSA) is 110 Å².